The van der Waals surface area contributed by atoms with Crippen LogP contribution in [0.25, 0.3) is 0 Å². The topological polar surface area (TPSA) is 32.8 Å². The first-order chi connectivity index (χ1) is 10.1. The summed E-state index contributed by atoms with van der Waals surface area (Å²) in [6, 6.07) is 4.53. The van der Waals surface area contributed by atoms with E-state index in [2.05, 4.69) is 41.2 Å². The summed E-state index contributed by atoms with van der Waals surface area (Å²) >= 11 is 1.76. The number of thiophene rings is 1. The number of amides is 1. The zero-order valence-electron chi connectivity index (χ0n) is 12.8. The van der Waals surface area contributed by atoms with Crippen molar-refractivity contribution in [1.29, 1.82) is 0 Å². The maximum Gasteiger partial charge on any atom is 0.237 e. The van der Waals surface area contributed by atoms with E-state index < -0.39 is 0 Å². The summed E-state index contributed by atoms with van der Waals surface area (Å²) < 4.78 is 5.74. The normalized spacial score (nSPS) is 30.8. The fraction of sp³-hybridized carbons (Fsp3) is 0.688. The Morgan fingerprint density at radius 3 is 2.81 bits per heavy atom. The molecule has 2 saturated heterocycles. The van der Waals surface area contributed by atoms with Crippen molar-refractivity contribution in [1.82, 2.24) is 9.80 Å². The average molecular weight is 308 g/mol. The van der Waals surface area contributed by atoms with E-state index in [0.29, 0.717) is 12.6 Å². The van der Waals surface area contributed by atoms with Crippen molar-refractivity contribution in [3.8, 4) is 0 Å². The Balaban J connectivity index is 1.62. The summed E-state index contributed by atoms with van der Waals surface area (Å²) in [6.07, 6.45) is 2.65. The lowest BCUT2D eigenvalue weighted by molar-refractivity contribution is -0.136. The van der Waals surface area contributed by atoms with E-state index in [1.807, 2.05) is 0 Å². The van der Waals surface area contributed by atoms with Crippen molar-refractivity contribution in [3.05, 3.63) is 22.4 Å². The van der Waals surface area contributed by atoms with Gasteiger partial charge in [-0.1, -0.05) is 6.07 Å². The molecule has 3 rings (SSSR count). The lowest BCUT2D eigenvalue weighted by atomic mass is 10.2. The molecular weight excluding hydrogens is 284 g/mol. The van der Waals surface area contributed by atoms with Gasteiger partial charge in [-0.05, 0) is 38.1 Å². The molecule has 0 bridgehead atoms. The van der Waals surface area contributed by atoms with E-state index in [0.717, 1.165) is 32.5 Å². The average Bonchev–Trinajstić information content (AvgIpc) is 3.08. The Labute approximate surface area is 130 Å². The van der Waals surface area contributed by atoms with E-state index in [1.165, 1.54) is 4.88 Å². The van der Waals surface area contributed by atoms with Crippen molar-refractivity contribution in [2.45, 2.75) is 44.9 Å². The highest BCUT2D eigenvalue weighted by molar-refractivity contribution is 7.10. The molecule has 0 radical (unpaired) electrons. The van der Waals surface area contributed by atoms with Crippen LogP contribution in [0.5, 0.6) is 0 Å². The zero-order chi connectivity index (χ0) is 14.8. The van der Waals surface area contributed by atoms with Crippen LogP contribution in [0.2, 0.25) is 0 Å². The molecule has 1 amide bonds. The van der Waals surface area contributed by atoms with E-state index in [4.69, 9.17) is 4.74 Å². The summed E-state index contributed by atoms with van der Waals surface area (Å²) in [6.45, 7) is 7.30. The second-order valence-corrected chi connectivity index (χ2v) is 7.19. The van der Waals surface area contributed by atoms with Gasteiger partial charge < -0.3 is 9.64 Å². The number of likely N-dealkylation sites (tertiary alicyclic amines) is 1. The molecular formula is C16H24N2O2S. The number of carbonyl (C=O) groups is 1. The molecule has 2 aliphatic heterocycles. The minimum atomic E-state index is 0.216. The maximum atomic E-state index is 12.7. The molecule has 2 fully saturated rings. The summed E-state index contributed by atoms with van der Waals surface area (Å²) in [4.78, 5) is 18.3. The van der Waals surface area contributed by atoms with Crippen LogP contribution in [0.15, 0.2) is 17.5 Å². The van der Waals surface area contributed by atoms with Crippen molar-refractivity contribution < 1.29 is 9.53 Å². The van der Waals surface area contributed by atoms with Gasteiger partial charge in [-0.25, -0.2) is 0 Å². The SMILES string of the molecule is C[C@@H]1CN(CC(=O)N2CCC[C@H]2c2cccs2)C[C@H](C)O1. The number of ether oxygens (including phenoxy) is 1. The van der Waals surface area contributed by atoms with Gasteiger partial charge in [-0.15, -0.1) is 11.3 Å². The van der Waals surface area contributed by atoms with Crippen LogP contribution in [0.3, 0.4) is 0 Å². The van der Waals surface area contributed by atoms with Gasteiger partial charge in [0, 0.05) is 24.5 Å². The molecule has 0 unspecified atom stereocenters. The molecule has 1 aromatic heterocycles. The summed E-state index contributed by atoms with van der Waals surface area (Å²) in [5.74, 6) is 0.271. The number of morpholine rings is 1. The van der Waals surface area contributed by atoms with Gasteiger partial charge in [0.15, 0.2) is 0 Å². The Morgan fingerprint density at radius 1 is 1.38 bits per heavy atom. The highest BCUT2D eigenvalue weighted by atomic mass is 32.1. The lowest BCUT2D eigenvalue weighted by Crippen LogP contribution is -2.49. The minimum Gasteiger partial charge on any atom is -0.373 e. The predicted octanol–water partition coefficient (Wildman–Crippen LogP) is 2.52. The second kappa shape index (κ2) is 6.46. The smallest absolute Gasteiger partial charge is 0.237 e. The van der Waals surface area contributed by atoms with E-state index in [9.17, 15) is 4.79 Å². The molecule has 5 heteroatoms. The molecule has 4 nitrogen and oxygen atoms in total. The molecule has 116 valence electrons. The van der Waals surface area contributed by atoms with Crippen LogP contribution in [-0.4, -0.2) is 54.1 Å². The zero-order valence-corrected chi connectivity index (χ0v) is 13.6. The summed E-state index contributed by atoms with van der Waals surface area (Å²) in [5, 5.41) is 2.10. The maximum absolute atomic E-state index is 12.7. The molecule has 3 atom stereocenters. The summed E-state index contributed by atoms with van der Waals surface area (Å²) in [5.41, 5.74) is 0. The first-order valence-corrected chi connectivity index (χ1v) is 8.72. The fourth-order valence-electron chi connectivity index (χ4n) is 3.54. The van der Waals surface area contributed by atoms with Crippen LogP contribution in [0, 0.1) is 0 Å². The third kappa shape index (κ3) is 3.47. The van der Waals surface area contributed by atoms with E-state index in [1.54, 1.807) is 11.3 Å². The van der Waals surface area contributed by atoms with Crippen molar-refractivity contribution >= 4 is 17.2 Å². The second-order valence-electron chi connectivity index (χ2n) is 6.21. The highest BCUT2D eigenvalue weighted by Gasteiger charge is 2.32. The van der Waals surface area contributed by atoms with Gasteiger partial charge in [-0.3, -0.25) is 9.69 Å². The molecule has 0 N–H and O–H groups in total. The largest absolute Gasteiger partial charge is 0.373 e. The molecule has 0 saturated carbocycles. The fourth-order valence-corrected chi connectivity index (χ4v) is 4.41. The molecule has 2 aliphatic rings. The minimum absolute atomic E-state index is 0.216. The number of hydrogen-bond acceptors (Lipinski definition) is 4. The number of nitrogens with zero attached hydrogens (tertiary/aromatic N) is 2. The molecule has 1 aromatic rings. The number of carbonyl (C=O) groups excluding carboxylic acids is 1. The Kier molecular flexibility index (Phi) is 4.62. The third-order valence-electron chi connectivity index (χ3n) is 4.30. The first kappa shape index (κ1) is 15.0. The van der Waals surface area contributed by atoms with Crippen LogP contribution < -0.4 is 0 Å². The summed E-state index contributed by atoms with van der Waals surface area (Å²) in [7, 11) is 0. The van der Waals surface area contributed by atoms with E-state index >= 15 is 0 Å². The van der Waals surface area contributed by atoms with Gasteiger partial charge in [-0.2, -0.15) is 0 Å². The molecule has 21 heavy (non-hydrogen) atoms. The number of hydrogen-bond donors (Lipinski definition) is 0. The van der Waals surface area contributed by atoms with Gasteiger partial charge >= 0.3 is 0 Å². The highest BCUT2D eigenvalue weighted by Crippen LogP contribution is 2.34. The third-order valence-corrected chi connectivity index (χ3v) is 5.27. The Bertz CT molecular complexity index is 467. The van der Waals surface area contributed by atoms with Crippen molar-refractivity contribution in [2.75, 3.05) is 26.2 Å². The van der Waals surface area contributed by atoms with E-state index in [-0.39, 0.29) is 18.1 Å². The molecule has 0 spiro atoms. The van der Waals surface area contributed by atoms with Crippen LogP contribution in [-0.2, 0) is 9.53 Å². The quantitative estimate of drug-likeness (QED) is 0.860. The monoisotopic (exact) mass is 308 g/mol. The first-order valence-electron chi connectivity index (χ1n) is 7.84. The standard InChI is InChI=1S/C16H24N2O2S/c1-12-9-17(10-13(2)20-12)11-16(19)18-7-3-5-14(18)15-6-4-8-21-15/h4,6,8,12-14H,3,5,7,9-11H2,1-2H3/t12-,13+,14-/m0/s1. The molecule has 0 aliphatic carbocycles. The van der Waals surface area contributed by atoms with Crippen molar-refractivity contribution in [2.24, 2.45) is 0 Å². The Hall–Kier alpha value is -0.910. The number of rotatable bonds is 3. The van der Waals surface area contributed by atoms with Gasteiger partial charge in [0.1, 0.15) is 0 Å². The molecule has 0 aromatic carbocycles. The lowest BCUT2D eigenvalue weighted by Gasteiger charge is -2.36. The van der Waals surface area contributed by atoms with Crippen LogP contribution >= 0.6 is 11.3 Å². The van der Waals surface area contributed by atoms with Crippen molar-refractivity contribution in [3.63, 3.8) is 0 Å². The van der Waals surface area contributed by atoms with Gasteiger partial charge in [0.25, 0.3) is 0 Å². The van der Waals surface area contributed by atoms with Gasteiger partial charge in [0.2, 0.25) is 5.91 Å². The van der Waals surface area contributed by atoms with Crippen LogP contribution in [0.1, 0.15) is 37.6 Å². The predicted molar refractivity (Wildman–Crippen MR) is 84.5 cm³/mol. The van der Waals surface area contributed by atoms with Crippen LogP contribution in [0.4, 0.5) is 0 Å². The van der Waals surface area contributed by atoms with Gasteiger partial charge in [0.05, 0.1) is 24.8 Å². The molecule has 3 heterocycles. The Morgan fingerprint density at radius 2 is 2.14 bits per heavy atom.